The summed E-state index contributed by atoms with van der Waals surface area (Å²) in [6.07, 6.45) is 0. The van der Waals surface area contributed by atoms with E-state index in [1.165, 1.54) is 36.4 Å². The van der Waals surface area contributed by atoms with Gasteiger partial charge in [0, 0.05) is 12.1 Å². The Labute approximate surface area is 146 Å². The highest BCUT2D eigenvalue weighted by Gasteiger charge is 2.19. The van der Waals surface area contributed by atoms with Gasteiger partial charge in [-0.05, 0) is 18.2 Å². The number of halogens is 1. The van der Waals surface area contributed by atoms with E-state index >= 15 is 0 Å². The molecule has 0 bridgehead atoms. The van der Waals surface area contributed by atoms with Crippen molar-refractivity contribution < 1.29 is 22.1 Å². The molecule has 0 saturated heterocycles. The number of sulfonamides is 1. The smallest absolute Gasteiger partial charge is 0.270 e. The van der Waals surface area contributed by atoms with Crippen molar-refractivity contribution in [3.05, 3.63) is 70.4 Å². The van der Waals surface area contributed by atoms with Gasteiger partial charge < -0.3 is 4.42 Å². The van der Waals surface area contributed by atoms with Gasteiger partial charge in [-0.3, -0.25) is 10.1 Å². The second kappa shape index (κ2) is 6.98. The monoisotopic (exact) mass is 378 g/mol. The summed E-state index contributed by atoms with van der Waals surface area (Å²) in [5.41, 5.74) is -0.264. The van der Waals surface area contributed by atoms with Crippen LogP contribution in [0, 0.1) is 15.9 Å². The van der Waals surface area contributed by atoms with Gasteiger partial charge in [0.15, 0.2) is 0 Å². The van der Waals surface area contributed by atoms with Crippen LogP contribution in [0.5, 0.6) is 0 Å². The highest BCUT2D eigenvalue weighted by atomic mass is 32.2. The Morgan fingerprint density at radius 2 is 1.92 bits per heavy atom. The van der Waals surface area contributed by atoms with Crippen molar-refractivity contribution in [1.29, 1.82) is 0 Å². The molecule has 9 nitrogen and oxygen atoms in total. The minimum atomic E-state index is -4.03. The third kappa shape index (κ3) is 3.73. The molecule has 1 N–H and O–H groups in total. The number of benzene rings is 2. The van der Waals surface area contributed by atoms with Gasteiger partial charge in [-0.15, -0.1) is 10.2 Å². The van der Waals surface area contributed by atoms with E-state index in [4.69, 9.17) is 4.42 Å². The minimum Gasteiger partial charge on any atom is -0.419 e. The van der Waals surface area contributed by atoms with Crippen molar-refractivity contribution >= 4 is 15.7 Å². The van der Waals surface area contributed by atoms with Crippen LogP contribution in [0.3, 0.4) is 0 Å². The van der Waals surface area contributed by atoms with Crippen LogP contribution < -0.4 is 4.72 Å². The predicted molar refractivity (Wildman–Crippen MR) is 86.8 cm³/mol. The number of hydrogen-bond donors (Lipinski definition) is 1. The summed E-state index contributed by atoms with van der Waals surface area (Å²) in [6.45, 7) is -0.355. The molecule has 0 aliphatic heterocycles. The molecule has 3 aromatic rings. The van der Waals surface area contributed by atoms with Crippen molar-refractivity contribution in [3.8, 4) is 11.5 Å². The van der Waals surface area contributed by atoms with Crippen LogP contribution in [0.1, 0.15) is 5.89 Å². The van der Waals surface area contributed by atoms with E-state index in [1.54, 1.807) is 6.07 Å². The fraction of sp³-hybridized carbons (Fsp3) is 0.0667. The quantitative estimate of drug-likeness (QED) is 0.514. The van der Waals surface area contributed by atoms with Crippen molar-refractivity contribution in [2.24, 2.45) is 0 Å². The summed E-state index contributed by atoms with van der Waals surface area (Å²) < 4.78 is 45.6. The van der Waals surface area contributed by atoms with Gasteiger partial charge in [0.05, 0.1) is 21.9 Å². The topological polar surface area (TPSA) is 128 Å². The summed E-state index contributed by atoms with van der Waals surface area (Å²) in [6, 6.07) is 10.4. The number of nitrogens with zero attached hydrogens (tertiary/aromatic N) is 3. The first-order valence-electron chi connectivity index (χ1n) is 7.18. The average molecular weight is 378 g/mol. The molecule has 2 aromatic carbocycles. The van der Waals surface area contributed by atoms with E-state index in [0.717, 1.165) is 6.07 Å². The molecular formula is C15H11FN4O5S. The van der Waals surface area contributed by atoms with Crippen LogP contribution in [0.15, 0.2) is 57.8 Å². The number of hydrogen-bond acceptors (Lipinski definition) is 7. The first-order chi connectivity index (χ1) is 12.4. The lowest BCUT2D eigenvalue weighted by molar-refractivity contribution is -0.385. The molecule has 0 atom stereocenters. The van der Waals surface area contributed by atoms with Crippen LogP contribution in [0.2, 0.25) is 0 Å². The summed E-state index contributed by atoms with van der Waals surface area (Å²) >= 11 is 0. The summed E-state index contributed by atoms with van der Waals surface area (Å²) in [5, 5.41) is 18.1. The predicted octanol–water partition coefficient (Wildman–Crippen LogP) is 2.26. The maximum atomic E-state index is 13.7. The Kier molecular flexibility index (Phi) is 4.73. The zero-order valence-electron chi connectivity index (χ0n) is 13.0. The fourth-order valence-corrected chi connectivity index (χ4v) is 3.09. The van der Waals surface area contributed by atoms with Crippen LogP contribution in [-0.2, 0) is 16.6 Å². The third-order valence-corrected chi connectivity index (χ3v) is 4.72. The molecule has 26 heavy (non-hydrogen) atoms. The molecule has 11 heteroatoms. The lowest BCUT2D eigenvalue weighted by Gasteiger charge is -2.04. The molecule has 0 saturated carbocycles. The van der Waals surface area contributed by atoms with Gasteiger partial charge in [0.2, 0.25) is 15.9 Å². The van der Waals surface area contributed by atoms with Gasteiger partial charge >= 0.3 is 0 Å². The van der Waals surface area contributed by atoms with Crippen LogP contribution in [-0.4, -0.2) is 23.5 Å². The SMILES string of the molecule is O=[N+]([O-])c1cccc(S(=O)(=O)NCc2nnc(-c3ccccc3F)o2)c1. The zero-order valence-corrected chi connectivity index (χ0v) is 13.8. The largest absolute Gasteiger partial charge is 0.419 e. The minimum absolute atomic E-state index is 0.0859. The molecule has 1 heterocycles. The molecule has 1 aromatic heterocycles. The van der Waals surface area contributed by atoms with Crippen LogP contribution in [0.4, 0.5) is 10.1 Å². The maximum absolute atomic E-state index is 13.7. The standard InChI is InChI=1S/C15H11FN4O5S/c16-13-7-2-1-6-12(13)15-19-18-14(25-15)9-17-26(23,24)11-5-3-4-10(8-11)20(21)22/h1-8,17H,9H2. The highest BCUT2D eigenvalue weighted by molar-refractivity contribution is 7.89. The molecule has 0 aliphatic rings. The van der Waals surface area contributed by atoms with E-state index in [0.29, 0.717) is 0 Å². The first-order valence-corrected chi connectivity index (χ1v) is 8.66. The van der Waals surface area contributed by atoms with Crippen molar-refractivity contribution in [1.82, 2.24) is 14.9 Å². The third-order valence-electron chi connectivity index (χ3n) is 3.32. The Bertz CT molecular complexity index is 1070. The number of nitro benzene ring substituents is 1. The molecular weight excluding hydrogens is 367 g/mol. The van der Waals surface area contributed by atoms with E-state index in [1.807, 2.05) is 0 Å². The number of non-ortho nitro benzene ring substituents is 1. The Balaban J connectivity index is 1.76. The summed E-state index contributed by atoms with van der Waals surface area (Å²) in [4.78, 5) is 9.78. The van der Waals surface area contributed by atoms with Crippen molar-refractivity contribution in [3.63, 3.8) is 0 Å². The summed E-state index contributed by atoms with van der Waals surface area (Å²) in [5.74, 6) is -0.732. The Morgan fingerprint density at radius 1 is 1.15 bits per heavy atom. The Hall–Kier alpha value is -3.18. The van der Waals surface area contributed by atoms with Crippen LogP contribution >= 0.6 is 0 Å². The first kappa shape index (κ1) is 17.6. The van der Waals surface area contributed by atoms with Crippen molar-refractivity contribution in [2.75, 3.05) is 0 Å². The van der Waals surface area contributed by atoms with Gasteiger partial charge in [0.1, 0.15) is 5.82 Å². The molecule has 134 valence electrons. The number of nitrogens with one attached hydrogen (secondary N) is 1. The molecule has 0 spiro atoms. The van der Waals surface area contributed by atoms with Gasteiger partial charge in [-0.25, -0.2) is 17.5 Å². The van der Waals surface area contributed by atoms with Gasteiger partial charge in [0.25, 0.3) is 11.6 Å². The fourth-order valence-electron chi connectivity index (χ4n) is 2.07. The molecule has 0 aliphatic carbocycles. The molecule has 3 rings (SSSR count). The zero-order chi connectivity index (χ0) is 18.7. The van der Waals surface area contributed by atoms with Gasteiger partial charge in [-0.1, -0.05) is 18.2 Å². The highest BCUT2D eigenvalue weighted by Crippen LogP contribution is 2.21. The van der Waals surface area contributed by atoms with Crippen LogP contribution in [0.25, 0.3) is 11.5 Å². The number of aromatic nitrogens is 2. The number of nitro groups is 1. The van der Waals surface area contributed by atoms with Gasteiger partial charge in [-0.2, -0.15) is 0 Å². The lowest BCUT2D eigenvalue weighted by Crippen LogP contribution is -2.23. The van der Waals surface area contributed by atoms with E-state index in [2.05, 4.69) is 14.9 Å². The molecule has 0 unspecified atom stereocenters. The second-order valence-electron chi connectivity index (χ2n) is 5.06. The van der Waals surface area contributed by atoms with E-state index in [-0.39, 0.29) is 34.5 Å². The van der Waals surface area contributed by atoms with E-state index in [9.17, 15) is 22.9 Å². The molecule has 0 fully saturated rings. The average Bonchev–Trinajstić information content (AvgIpc) is 3.09. The Morgan fingerprint density at radius 3 is 2.65 bits per heavy atom. The molecule has 0 amide bonds. The van der Waals surface area contributed by atoms with E-state index < -0.39 is 20.8 Å². The summed E-state index contributed by atoms with van der Waals surface area (Å²) in [7, 11) is -4.03. The second-order valence-corrected chi connectivity index (χ2v) is 6.83. The molecule has 0 radical (unpaired) electrons. The number of rotatable bonds is 6. The van der Waals surface area contributed by atoms with Crippen molar-refractivity contribution in [2.45, 2.75) is 11.4 Å². The maximum Gasteiger partial charge on any atom is 0.270 e. The lowest BCUT2D eigenvalue weighted by atomic mass is 10.2. The normalized spacial score (nSPS) is 11.4.